The van der Waals surface area contributed by atoms with Crippen LogP contribution in [0.2, 0.25) is 0 Å². The van der Waals surface area contributed by atoms with E-state index in [4.69, 9.17) is 9.52 Å². The van der Waals surface area contributed by atoms with Crippen LogP contribution in [0.15, 0.2) is 28.2 Å². The molecule has 0 bridgehead atoms. The lowest BCUT2D eigenvalue weighted by atomic mass is 9.96. The van der Waals surface area contributed by atoms with Gasteiger partial charge in [-0.1, -0.05) is 6.07 Å². The summed E-state index contributed by atoms with van der Waals surface area (Å²) in [6.07, 6.45) is 4.20. The predicted molar refractivity (Wildman–Crippen MR) is 92.4 cm³/mol. The summed E-state index contributed by atoms with van der Waals surface area (Å²) in [5.74, 6) is 1.46. The third-order valence-electron chi connectivity index (χ3n) is 4.41. The SMILES string of the molecule is CN(Cc1coc(-c2cccs2)n1)CC1CCN(CCO)CC1. The van der Waals surface area contributed by atoms with E-state index in [9.17, 15) is 0 Å². The second kappa shape index (κ2) is 8.06. The van der Waals surface area contributed by atoms with Crippen molar-refractivity contribution in [1.29, 1.82) is 0 Å². The summed E-state index contributed by atoms with van der Waals surface area (Å²) in [7, 11) is 2.15. The largest absolute Gasteiger partial charge is 0.444 e. The van der Waals surface area contributed by atoms with Crippen LogP contribution in [0.1, 0.15) is 18.5 Å². The molecule has 0 radical (unpaired) electrons. The minimum absolute atomic E-state index is 0.267. The van der Waals surface area contributed by atoms with Gasteiger partial charge >= 0.3 is 0 Å². The Kier molecular flexibility index (Phi) is 5.83. The first kappa shape index (κ1) is 16.6. The van der Waals surface area contributed by atoms with Crippen molar-refractivity contribution in [2.45, 2.75) is 19.4 Å². The molecule has 1 aliphatic heterocycles. The lowest BCUT2D eigenvalue weighted by Crippen LogP contribution is -2.38. The van der Waals surface area contributed by atoms with Gasteiger partial charge in [0.05, 0.1) is 17.2 Å². The first-order valence-corrected chi connectivity index (χ1v) is 9.12. The number of rotatable bonds is 7. The molecule has 3 heterocycles. The van der Waals surface area contributed by atoms with Crippen LogP contribution in [0, 0.1) is 5.92 Å². The predicted octanol–water partition coefficient (Wildman–Crippen LogP) is 2.54. The van der Waals surface area contributed by atoms with Crippen molar-refractivity contribution >= 4 is 11.3 Å². The Morgan fingerprint density at radius 3 is 2.96 bits per heavy atom. The molecule has 0 aromatic carbocycles. The number of hydrogen-bond acceptors (Lipinski definition) is 6. The normalized spacial score (nSPS) is 17.2. The average Bonchev–Trinajstić information content (AvgIpc) is 3.20. The standard InChI is InChI=1S/C17H25N3O2S/c1-19(11-14-4-6-20(7-5-14)8-9-21)12-15-13-22-17(18-15)16-3-2-10-23-16/h2-3,10,13-14,21H,4-9,11-12H2,1H3. The van der Waals surface area contributed by atoms with Gasteiger partial charge in [-0.05, 0) is 50.3 Å². The highest BCUT2D eigenvalue weighted by Crippen LogP contribution is 2.24. The maximum Gasteiger partial charge on any atom is 0.236 e. The molecule has 0 spiro atoms. The van der Waals surface area contributed by atoms with Gasteiger partial charge in [-0.2, -0.15) is 0 Å². The van der Waals surface area contributed by atoms with E-state index in [1.165, 1.54) is 12.8 Å². The smallest absolute Gasteiger partial charge is 0.236 e. The van der Waals surface area contributed by atoms with Crippen molar-refractivity contribution in [3.8, 4) is 10.8 Å². The zero-order chi connectivity index (χ0) is 16.1. The molecule has 5 nitrogen and oxygen atoms in total. The Labute approximate surface area is 141 Å². The van der Waals surface area contributed by atoms with E-state index in [-0.39, 0.29) is 6.61 Å². The maximum atomic E-state index is 9.00. The van der Waals surface area contributed by atoms with Gasteiger partial charge in [0, 0.05) is 19.6 Å². The fourth-order valence-electron chi connectivity index (χ4n) is 3.21. The Hall–Kier alpha value is -1.21. The van der Waals surface area contributed by atoms with E-state index in [0.29, 0.717) is 0 Å². The maximum absolute atomic E-state index is 9.00. The van der Waals surface area contributed by atoms with Crippen molar-refractivity contribution < 1.29 is 9.52 Å². The van der Waals surface area contributed by atoms with Gasteiger partial charge in [0.25, 0.3) is 0 Å². The number of aromatic nitrogens is 1. The van der Waals surface area contributed by atoms with Gasteiger partial charge in [-0.15, -0.1) is 11.3 Å². The van der Waals surface area contributed by atoms with Gasteiger partial charge in [-0.25, -0.2) is 4.98 Å². The first-order chi connectivity index (χ1) is 11.2. The van der Waals surface area contributed by atoms with Crippen LogP contribution in [-0.2, 0) is 6.54 Å². The minimum atomic E-state index is 0.267. The number of oxazole rings is 1. The number of likely N-dealkylation sites (tertiary alicyclic amines) is 1. The Balaban J connectivity index is 1.46. The van der Waals surface area contributed by atoms with Crippen LogP contribution in [0.4, 0.5) is 0 Å². The van der Waals surface area contributed by atoms with Crippen LogP contribution in [0.25, 0.3) is 10.8 Å². The lowest BCUT2D eigenvalue weighted by Gasteiger charge is -2.33. The molecule has 0 amide bonds. The number of β-amino-alcohol motifs (C(OH)–C–C–N with tert-alkyl or cyclic N) is 1. The monoisotopic (exact) mass is 335 g/mol. The van der Waals surface area contributed by atoms with E-state index < -0.39 is 0 Å². The summed E-state index contributed by atoms with van der Waals surface area (Å²) in [6.45, 7) is 5.20. The first-order valence-electron chi connectivity index (χ1n) is 8.24. The molecular weight excluding hydrogens is 310 g/mol. The highest BCUT2D eigenvalue weighted by Gasteiger charge is 2.20. The Morgan fingerprint density at radius 1 is 1.43 bits per heavy atom. The number of hydrogen-bond donors (Lipinski definition) is 1. The van der Waals surface area contributed by atoms with E-state index in [1.54, 1.807) is 17.6 Å². The van der Waals surface area contributed by atoms with Crippen LogP contribution >= 0.6 is 11.3 Å². The molecular formula is C17H25N3O2S. The van der Waals surface area contributed by atoms with Crippen molar-refractivity contribution in [3.63, 3.8) is 0 Å². The van der Waals surface area contributed by atoms with Crippen molar-refractivity contribution in [1.82, 2.24) is 14.8 Å². The van der Waals surface area contributed by atoms with Crippen LogP contribution in [-0.4, -0.2) is 59.7 Å². The highest BCUT2D eigenvalue weighted by molar-refractivity contribution is 7.13. The second-order valence-corrected chi connectivity index (χ2v) is 7.27. The quantitative estimate of drug-likeness (QED) is 0.843. The molecule has 0 saturated carbocycles. The molecule has 1 N–H and O–H groups in total. The number of nitrogens with zero attached hydrogens (tertiary/aromatic N) is 3. The van der Waals surface area contributed by atoms with Gasteiger partial charge in [0.1, 0.15) is 6.26 Å². The van der Waals surface area contributed by atoms with E-state index in [2.05, 4.69) is 21.8 Å². The summed E-state index contributed by atoms with van der Waals surface area (Å²) in [5, 5.41) is 11.0. The summed E-state index contributed by atoms with van der Waals surface area (Å²) < 4.78 is 5.58. The average molecular weight is 335 g/mol. The van der Waals surface area contributed by atoms with E-state index >= 15 is 0 Å². The molecule has 23 heavy (non-hydrogen) atoms. The fraction of sp³-hybridized carbons (Fsp3) is 0.588. The van der Waals surface area contributed by atoms with Crippen molar-refractivity contribution in [2.75, 3.05) is 39.8 Å². The van der Waals surface area contributed by atoms with E-state index in [0.717, 1.165) is 55.1 Å². The van der Waals surface area contributed by atoms with Crippen LogP contribution < -0.4 is 0 Å². The summed E-state index contributed by atoms with van der Waals surface area (Å²) >= 11 is 1.65. The van der Waals surface area contributed by atoms with Gasteiger partial charge in [0.2, 0.25) is 5.89 Å². The Morgan fingerprint density at radius 2 is 2.26 bits per heavy atom. The molecule has 1 saturated heterocycles. The van der Waals surface area contributed by atoms with Gasteiger partial charge in [0.15, 0.2) is 0 Å². The molecule has 1 aliphatic rings. The van der Waals surface area contributed by atoms with Crippen molar-refractivity contribution in [3.05, 3.63) is 29.5 Å². The number of aliphatic hydroxyl groups excluding tert-OH is 1. The molecule has 2 aromatic heterocycles. The molecule has 2 aromatic rings. The number of aliphatic hydroxyl groups is 1. The summed E-state index contributed by atoms with van der Waals surface area (Å²) in [5.41, 5.74) is 0.994. The molecule has 126 valence electrons. The van der Waals surface area contributed by atoms with Crippen molar-refractivity contribution in [2.24, 2.45) is 5.92 Å². The topological polar surface area (TPSA) is 52.7 Å². The van der Waals surface area contributed by atoms with Gasteiger partial charge < -0.3 is 19.3 Å². The fourth-order valence-corrected chi connectivity index (χ4v) is 3.86. The number of piperidine rings is 1. The molecule has 0 aliphatic carbocycles. The molecule has 0 unspecified atom stereocenters. The lowest BCUT2D eigenvalue weighted by molar-refractivity contribution is 0.129. The molecule has 0 atom stereocenters. The van der Waals surface area contributed by atoms with Crippen LogP contribution in [0.3, 0.4) is 0 Å². The second-order valence-electron chi connectivity index (χ2n) is 6.33. The minimum Gasteiger partial charge on any atom is -0.444 e. The highest BCUT2D eigenvalue weighted by atomic mass is 32.1. The van der Waals surface area contributed by atoms with Gasteiger partial charge in [-0.3, -0.25) is 0 Å². The van der Waals surface area contributed by atoms with E-state index in [1.807, 2.05) is 17.5 Å². The third kappa shape index (κ3) is 4.64. The van der Waals surface area contributed by atoms with Crippen LogP contribution in [0.5, 0.6) is 0 Å². The summed E-state index contributed by atoms with van der Waals surface area (Å²) in [4.78, 5) is 10.4. The zero-order valence-electron chi connectivity index (χ0n) is 13.6. The molecule has 6 heteroatoms. The third-order valence-corrected chi connectivity index (χ3v) is 5.27. The number of thiophene rings is 1. The Bertz CT molecular complexity index is 576. The molecule has 3 rings (SSSR count). The zero-order valence-corrected chi connectivity index (χ0v) is 14.5. The summed E-state index contributed by atoms with van der Waals surface area (Å²) in [6, 6.07) is 4.04. The molecule has 1 fully saturated rings.